The lowest BCUT2D eigenvalue weighted by Crippen LogP contribution is -2.30. The Labute approximate surface area is 605 Å². The summed E-state index contributed by atoms with van der Waals surface area (Å²) in [7, 11) is -9.92. The van der Waals surface area contributed by atoms with Crippen LogP contribution < -0.4 is 0 Å². The Kier molecular flexibility index (Phi) is 70.7. The summed E-state index contributed by atoms with van der Waals surface area (Å²) in [5.74, 6) is -1.27. The van der Waals surface area contributed by atoms with Crippen LogP contribution in [0.4, 0.5) is 0 Å². The van der Waals surface area contributed by atoms with E-state index in [4.69, 9.17) is 37.0 Å². The number of rotatable bonds is 78. The van der Waals surface area contributed by atoms with E-state index in [0.717, 1.165) is 115 Å². The molecule has 99 heavy (non-hydrogen) atoms. The maximum absolute atomic E-state index is 13.1. The molecule has 0 aliphatic heterocycles. The predicted octanol–water partition coefficient (Wildman–Crippen LogP) is 23.6. The zero-order valence-electron chi connectivity index (χ0n) is 64.1. The van der Waals surface area contributed by atoms with Crippen molar-refractivity contribution < 1.29 is 80.2 Å². The third-order valence-electron chi connectivity index (χ3n) is 18.5. The van der Waals surface area contributed by atoms with Crippen molar-refractivity contribution in [3.63, 3.8) is 0 Å². The minimum Gasteiger partial charge on any atom is -0.462 e. The van der Waals surface area contributed by atoms with Gasteiger partial charge in [-0.1, -0.05) is 348 Å². The predicted molar refractivity (Wildman–Crippen MR) is 404 cm³/mol. The van der Waals surface area contributed by atoms with Gasteiger partial charge >= 0.3 is 39.5 Å². The number of hydrogen-bond acceptors (Lipinski definition) is 15. The summed E-state index contributed by atoms with van der Waals surface area (Å²) in [4.78, 5) is 72.9. The number of carbonyl (C=O) groups excluding carboxylic acids is 4. The summed E-state index contributed by atoms with van der Waals surface area (Å²) in [6, 6.07) is 0. The van der Waals surface area contributed by atoms with E-state index < -0.39 is 97.5 Å². The van der Waals surface area contributed by atoms with Crippen molar-refractivity contribution in [2.45, 2.75) is 419 Å². The third-order valence-corrected chi connectivity index (χ3v) is 20.4. The zero-order valence-corrected chi connectivity index (χ0v) is 65.9. The topological polar surface area (TPSA) is 237 Å². The van der Waals surface area contributed by atoms with Gasteiger partial charge in [0.25, 0.3) is 0 Å². The van der Waals surface area contributed by atoms with E-state index in [-0.39, 0.29) is 25.7 Å². The van der Waals surface area contributed by atoms with Crippen LogP contribution in [0.3, 0.4) is 0 Å². The van der Waals surface area contributed by atoms with Gasteiger partial charge < -0.3 is 33.8 Å². The van der Waals surface area contributed by atoms with E-state index in [2.05, 4.69) is 58.9 Å². The zero-order chi connectivity index (χ0) is 72.7. The molecule has 3 N–H and O–H groups in total. The van der Waals surface area contributed by atoms with E-state index >= 15 is 0 Å². The summed E-state index contributed by atoms with van der Waals surface area (Å²) in [5.41, 5.74) is 0. The van der Waals surface area contributed by atoms with Gasteiger partial charge in [-0.3, -0.25) is 37.3 Å². The first kappa shape index (κ1) is 96.5. The molecule has 0 aliphatic rings. The van der Waals surface area contributed by atoms with Crippen LogP contribution in [-0.4, -0.2) is 96.7 Å². The lowest BCUT2D eigenvalue weighted by Gasteiger charge is -2.21. The van der Waals surface area contributed by atoms with Crippen LogP contribution in [0, 0.1) is 5.92 Å². The summed E-state index contributed by atoms with van der Waals surface area (Å²) >= 11 is 0. The molecule has 584 valence electrons. The number of carbonyl (C=O) groups is 4. The molecular weight excluding hydrogens is 1290 g/mol. The molecule has 3 unspecified atom stereocenters. The number of unbranched alkanes of at least 4 members (excludes halogenated alkanes) is 46. The molecular formula is C80H152O17P2. The van der Waals surface area contributed by atoms with Gasteiger partial charge in [-0.2, -0.15) is 0 Å². The fourth-order valence-electron chi connectivity index (χ4n) is 11.8. The highest BCUT2D eigenvalue weighted by Gasteiger charge is 2.30. The second kappa shape index (κ2) is 72.5. The van der Waals surface area contributed by atoms with Crippen LogP contribution in [0.1, 0.15) is 401 Å². The van der Waals surface area contributed by atoms with Gasteiger partial charge in [-0.25, -0.2) is 9.13 Å². The fraction of sp³-hybridized carbons (Fsp3) is 0.900. The Balaban J connectivity index is 5.23. The Morgan fingerprint density at radius 3 is 0.859 bits per heavy atom. The average Bonchev–Trinajstić information content (AvgIpc) is 1.13. The maximum Gasteiger partial charge on any atom is 0.472 e. The molecule has 0 aromatic carbocycles. The molecule has 19 heteroatoms. The van der Waals surface area contributed by atoms with Crippen molar-refractivity contribution in [3.8, 4) is 0 Å². The van der Waals surface area contributed by atoms with Gasteiger partial charge in [0.15, 0.2) is 12.2 Å². The van der Waals surface area contributed by atoms with Gasteiger partial charge in [0.2, 0.25) is 0 Å². The van der Waals surface area contributed by atoms with Gasteiger partial charge in [0.1, 0.15) is 19.3 Å². The Bertz CT molecular complexity index is 1990. The summed E-state index contributed by atoms with van der Waals surface area (Å²) in [6.45, 7) is 7.31. The molecule has 0 heterocycles. The molecule has 0 bridgehead atoms. The Morgan fingerprint density at radius 2 is 0.566 bits per heavy atom. The maximum atomic E-state index is 13.1. The smallest absolute Gasteiger partial charge is 0.462 e. The molecule has 0 saturated heterocycles. The van der Waals surface area contributed by atoms with Crippen molar-refractivity contribution in [2.75, 3.05) is 39.6 Å². The first-order chi connectivity index (χ1) is 48.1. The van der Waals surface area contributed by atoms with Gasteiger partial charge in [-0.15, -0.1) is 0 Å². The van der Waals surface area contributed by atoms with Gasteiger partial charge in [0.05, 0.1) is 26.4 Å². The van der Waals surface area contributed by atoms with Crippen LogP contribution in [0.2, 0.25) is 0 Å². The first-order valence-electron chi connectivity index (χ1n) is 41.0. The van der Waals surface area contributed by atoms with E-state index in [1.165, 1.54) is 205 Å². The van der Waals surface area contributed by atoms with Crippen molar-refractivity contribution in [1.29, 1.82) is 0 Å². The molecule has 0 fully saturated rings. The van der Waals surface area contributed by atoms with Crippen LogP contribution in [0.15, 0.2) is 24.3 Å². The van der Waals surface area contributed by atoms with Crippen molar-refractivity contribution in [3.05, 3.63) is 24.3 Å². The molecule has 6 atom stereocenters. The lowest BCUT2D eigenvalue weighted by molar-refractivity contribution is -0.161. The largest absolute Gasteiger partial charge is 0.472 e. The Hall–Kier alpha value is -2.46. The molecule has 0 rings (SSSR count). The SMILES string of the molecule is CCCCCC/C=C\C=C/CCCCCCCC(=O)OC[C@H](COP(=O)(O)OC[C@@H](O)COP(=O)(O)OC[C@@H](COC(=O)CCCCCCCCCCCCC)OC(=O)CCCCCCCCCCCCC)OC(=O)CCCCCCCCCCCCCCCCCCCCC(C)CC. The average molecular weight is 1450 g/mol. The molecule has 0 saturated carbocycles. The number of ether oxygens (including phenoxy) is 4. The Morgan fingerprint density at radius 1 is 0.323 bits per heavy atom. The normalized spacial score (nSPS) is 14.3. The van der Waals surface area contributed by atoms with Crippen molar-refractivity contribution in [2.24, 2.45) is 5.92 Å². The number of hydrogen-bond donors (Lipinski definition) is 3. The summed E-state index contributed by atoms with van der Waals surface area (Å²) in [5, 5.41) is 10.6. The van der Waals surface area contributed by atoms with E-state index in [1.54, 1.807) is 0 Å². The van der Waals surface area contributed by atoms with Crippen LogP contribution >= 0.6 is 15.6 Å². The van der Waals surface area contributed by atoms with Crippen molar-refractivity contribution >= 4 is 39.5 Å². The van der Waals surface area contributed by atoms with Crippen LogP contribution in [0.5, 0.6) is 0 Å². The fourth-order valence-corrected chi connectivity index (χ4v) is 13.4. The minimum absolute atomic E-state index is 0.102. The second-order valence-electron chi connectivity index (χ2n) is 28.4. The van der Waals surface area contributed by atoms with Crippen LogP contribution in [-0.2, 0) is 65.4 Å². The standard InChI is InChI=1S/C80H152O17P2/c1-6-10-13-16-19-22-25-26-31-35-40-44-49-54-59-64-78(83)91-70-76(97-80(85)66-61-56-51-46-41-36-33-30-28-27-29-32-34-39-42-47-52-57-62-73(5)9-4)72-95-99(88,89)93-68-74(81)67-92-98(86,87)94-71-75(96-79(84)65-60-55-50-45-38-24-21-18-15-12-8-3)69-90-77(82)63-58-53-48-43-37-23-20-17-14-11-7-2/h22,25-26,31,73-76,81H,6-21,23-24,27-30,32-72H2,1-5H3,(H,86,87)(H,88,89)/b25-22-,31-26-/t73?,74-,75+,76+/m0/s1. The molecule has 0 aromatic heterocycles. The van der Waals surface area contributed by atoms with E-state index in [0.29, 0.717) is 25.7 Å². The van der Waals surface area contributed by atoms with Gasteiger partial charge in [0, 0.05) is 25.7 Å². The molecule has 0 amide bonds. The first-order valence-corrected chi connectivity index (χ1v) is 44.0. The number of phosphoric ester groups is 2. The molecule has 0 aliphatic carbocycles. The van der Waals surface area contributed by atoms with Gasteiger partial charge in [-0.05, 0) is 57.3 Å². The van der Waals surface area contributed by atoms with Crippen molar-refractivity contribution in [1.82, 2.24) is 0 Å². The summed E-state index contributed by atoms with van der Waals surface area (Å²) < 4.78 is 68.6. The highest BCUT2D eigenvalue weighted by Crippen LogP contribution is 2.45. The van der Waals surface area contributed by atoms with E-state index in [9.17, 15) is 43.2 Å². The highest BCUT2D eigenvalue weighted by molar-refractivity contribution is 7.47. The lowest BCUT2D eigenvalue weighted by atomic mass is 9.99. The highest BCUT2D eigenvalue weighted by atomic mass is 31.2. The number of phosphoric acid groups is 2. The quantitative estimate of drug-likeness (QED) is 0.0169. The summed E-state index contributed by atoms with van der Waals surface area (Å²) in [6.07, 6.45) is 65.9. The minimum atomic E-state index is -4.97. The van der Waals surface area contributed by atoms with Crippen LogP contribution in [0.25, 0.3) is 0 Å². The monoisotopic (exact) mass is 1450 g/mol. The molecule has 0 spiro atoms. The number of aliphatic hydroxyl groups is 1. The molecule has 17 nitrogen and oxygen atoms in total. The number of esters is 4. The molecule has 0 aromatic rings. The number of aliphatic hydroxyl groups excluding tert-OH is 1. The number of allylic oxidation sites excluding steroid dienone is 4. The van der Waals surface area contributed by atoms with E-state index in [1.807, 2.05) is 0 Å². The molecule has 0 radical (unpaired) electrons. The second-order valence-corrected chi connectivity index (χ2v) is 31.3. The third kappa shape index (κ3) is 72.3.